The van der Waals surface area contributed by atoms with Crippen LogP contribution in [0.15, 0.2) is 30.6 Å². The summed E-state index contributed by atoms with van der Waals surface area (Å²) >= 11 is 6.23. The van der Waals surface area contributed by atoms with E-state index in [1.807, 2.05) is 17.6 Å². The molecule has 2 aliphatic heterocycles. The zero-order chi connectivity index (χ0) is 24.5. The minimum absolute atomic E-state index is 0.0671. The lowest BCUT2D eigenvalue weighted by atomic mass is 9.57. The van der Waals surface area contributed by atoms with Gasteiger partial charge in [0.15, 0.2) is 5.82 Å². The number of fused-ring (bicyclic) bond motifs is 3. The highest BCUT2D eigenvalue weighted by Crippen LogP contribution is 2.56. The number of aromatic nitrogens is 5. The van der Waals surface area contributed by atoms with Crippen LogP contribution in [0.3, 0.4) is 0 Å². The van der Waals surface area contributed by atoms with E-state index in [2.05, 4.69) is 25.1 Å². The minimum atomic E-state index is -4.34. The first kappa shape index (κ1) is 22.7. The molecule has 184 valence electrons. The van der Waals surface area contributed by atoms with Crippen LogP contribution in [0.5, 0.6) is 0 Å². The molecule has 3 aromatic rings. The fourth-order valence-electron chi connectivity index (χ4n) is 5.75. The fourth-order valence-corrected chi connectivity index (χ4v) is 5.94. The smallest absolute Gasteiger partial charge is 0.354 e. The summed E-state index contributed by atoms with van der Waals surface area (Å²) in [6.07, 6.45) is 1.13. The van der Waals surface area contributed by atoms with Gasteiger partial charge in [-0.3, -0.25) is 14.5 Å². The first-order valence-electron chi connectivity index (χ1n) is 11.7. The van der Waals surface area contributed by atoms with E-state index >= 15 is 0 Å². The molecule has 4 heterocycles. The molecule has 1 atom stereocenters. The van der Waals surface area contributed by atoms with E-state index in [0.717, 1.165) is 54.5 Å². The van der Waals surface area contributed by atoms with Gasteiger partial charge in [-0.15, -0.1) is 10.2 Å². The lowest BCUT2D eigenvalue weighted by Gasteiger charge is -2.59. The van der Waals surface area contributed by atoms with Gasteiger partial charge in [0.2, 0.25) is 0 Å². The Balaban J connectivity index is 1.26. The molecular formula is C24H25ClF3N7. The Morgan fingerprint density at radius 3 is 2.60 bits per heavy atom. The molecule has 1 unspecified atom stereocenters. The molecule has 7 nitrogen and oxygen atoms in total. The van der Waals surface area contributed by atoms with Crippen molar-refractivity contribution in [3.05, 3.63) is 58.5 Å². The van der Waals surface area contributed by atoms with Crippen molar-refractivity contribution in [3.8, 4) is 5.69 Å². The second-order valence-corrected chi connectivity index (χ2v) is 10.6. The highest BCUT2D eigenvalue weighted by molar-refractivity contribution is 6.30. The number of aryl methyl sites for hydroxylation is 1. The van der Waals surface area contributed by atoms with Gasteiger partial charge in [0.05, 0.1) is 24.1 Å². The van der Waals surface area contributed by atoms with Crippen molar-refractivity contribution in [3.63, 3.8) is 0 Å². The first-order valence-corrected chi connectivity index (χ1v) is 12.1. The first-order chi connectivity index (χ1) is 16.6. The number of hydrogen-bond donors (Lipinski definition) is 0. The molecule has 0 bridgehead atoms. The number of nitrogens with zero attached hydrogens (tertiary/aromatic N) is 7. The van der Waals surface area contributed by atoms with Crippen LogP contribution < -0.4 is 4.90 Å². The molecule has 1 saturated carbocycles. The number of rotatable bonds is 3. The lowest BCUT2D eigenvalue weighted by Crippen LogP contribution is -2.62. The maximum absolute atomic E-state index is 13.6. The van der Waals surface area contributed by atoms with Gasteiger partial charge in [0, 0.05) is 42.2 Å². The highest BCUT2D eigenvalue weighted by Gasteiger charge is 2.54. The van der Waals surface area contributed by atoms with Gasteiger partial charge in [-0.05, 0) is 50.5 Å². The van der Waals surface area contributed by atoms with Crippen molar-refractivity contribution in [1.29, 1.82) is 0 Å². The lowest BCUT2D eigenvalue weighted by molar-refractivity contribution is -0.182. The van der Waals surface area contributed by atoms with Crippen molar-refractivity contribution in [2.75, 3.05) is 18.0 Å². The second kappa shape index (κ2) is 7.89. The van der Waals surface area contributed by atoms with Gasteiger partial charge in [0.1, 0.15) is 17.7 Å². The summed E-state index contributed by atoms with van der Waals surface area (Å²) in [4.78, 5) is 12.4. The predicted octanol–water partition coefficient (Wildman–Crippen LogP) is 4.67. The topological polar surface area (TPSA) is 63.0 Å². The normalized spacial score (nSPS) is 20.6. The van der Waals surface area contributed by atoms with Gasteiger partial charge in [0.25, 0.3) is 0 Å². The average Bonchev–Trinajstić information content (AvgIpc) is 3.06. The zero-order valence-electron chi connectivity index (χ0n) is 19.4. The van der Waals surface area contributed by atoms with Crippen LogP contribution in [0.25, 0.3) is 5.69 Å². The Bertz CT molecular complexity index is 1280. The third kappa shape index (κ3) is 3.87. The monoisotopic (exact) mass is 503 g/mol. The molecule has 11 heteroatoms. The quantitative estimate of drug-likeness (QED) is 0.517. The van der Waals surface area contributed by atoms with E-state index in [1.54, 1.807) is 24.5 Å². The van der Waals surface area contributed by atoms with E-state index in [4.69, 9.17) is 11.6 Å². The molecule has 1 aliphatic carbocycles. The standard InChI is InChI=1S/C24H25ClF3N7/c1-14-8-29-9-20(30-14)34-12-23(13-34)6-17(7-23)22-32-31-21-11-33(15(2)24(26,27)28)10-16-5-18(25)3-4-19(16)35(21)22/h3-5,8-9,15,17H,6-7,10-13H2,1-2H3. The van der Waals surface area contributed by atoms with Crippen LogP contribution in [0.1, 0.15) is 48.6 Å². The largest absolute Gasteiger partial charge is 0.403 e. The molecule has 0 amide bonds. The maximum Gasteiger partial charge on any atom is 0.403 e. The molecule has 0 radical (unpaired) electrons. The number of hydrogen-bond acceptors (Lipinski definition) is 6. The van der Waals surface area contributed by atoms with Crippen LogP contribution in [0.4, 0.5) is 19.0 Å². The molecule has 1 aromatic carbocycles. The summed E-state index contributed by atoms with van der Waals surface area (Å²) in [6, 6.07) is 3.77. The van der Waals surface area contributed by atoms with Crippen molar-refractivity contribution in [2.24, 2.45) is 5.41 Å². The van der Waals surface area contributed by atoms with E-state index in [9.17, 15) is 13.2 Å². The summed E-state index contributed by atoms with van der Waals surface area (Å²) in [5, 5.41) is 9.35. The molecule has 3 aliphatic rings. The highest BCUT2D eigenvalue weighted by atomic mass is 35.5. The number of halogens is 4. The van der Waals surface area contributed by atoms with Gasteiger partial charge in [-0.2, -0.15) is 13.2 Å². The second-order valence-electron chi connectivity index (χ2n) is 10.2. The minimum Gasteiger partial charge on any atom is -0.354 e. The van der Waals surface area contributed by atoms with Gasteiger partial charge < -0.3 is 4.90 Å². The van der Waals surface area contributed by atoms with Gasteiger partial charge in [-0.1, -0.05) is 11.6 Å². The molecule has 35 heavy (non-hydrogen) atoms. The molecule has 1 saturated heterocycles. The maximum atomic E-state index is 13.6. The Morgan fingerprint density at radius 1 is 1.11 bits per heavy atom. The summed E-state index contributed by atoms with van der Waals surface area (Å²) in [6.45, 7) is 5.17. The number of anilines is 1. The molecule has 6 rings (SSSR count). The van der Waals surface area contributed by atoms with E-state index in [1.165, 1.54) is 11.8 Å². The summed E-state index contributed by atoms with van der Waals surface area (Å²) in [7, 11) is 0. The summed E-state index contributed by atoms with van der Waals surface area (Å²) in [5.41, 5.74) is 2.67. The van der Waals surface area contributed by atoms with Crippen LogP contribution >= 0.6 is 11.6 Å². The molecule has 2 fully saturated rings. The van der Waals surface area contributed by atoms with E-state index in [0.29, 0.717) is 10.8 Å². The third-order valence-corrected chi connectivity index (χ3v) is 7.85. The predicted molar refractivity (Wildman–Crippen MR) is 125 cm³/mol. The van der Waals surface area contributed by atoms with Crippen LogP contribution in [0.2, 0.25) is 5.02 Å². The Hall–Kier alpha value is -2.72. The van der Waals surface area contributed by atoms with Crippen LogP contribution in [-0.2, 0) is 13.1 Å². The number of benzene rings is 1. The third-order valence-electron chi connectivity index (χ3n) is 7.62. The Morgan fingerprint density at radius 2 is 1.89 bits per heavy atom. The van der Waals surface area contributed by atoms with Crippen LogP contribution in [0, 0.1) is 12.3 Å². The zero-order valence-corrected chi connectivity index (χ0v) is 20.2. The molecule has 2 aromatic heterocycles. The Labute approximate surface area is 205 Å². The van der Waals surface area contributed by atoms with Crippen LogP contribution in [-0.4, -0.2) is 54.9 Å². The van der Waals surface area contributed by atoms with E-state index < -0.39 is 12.2 Å². The molecular weight excluding hydrogens is 479 g/mol. The van der Waals surface area contributed by atoms with Crippen molar-refractivity contribution in [2.45, 2.75) is 57.9 Å². The van der Waals surface area contributed by atoms with Gasteiger partial charge in [-0.25, -0.2) is 4.98 Å². The van der Waals surface area contributed by atoms with Gasteiger partial charge >= 0.3 is 6.18 Å². The molecule has 0 N–H and O–H groups in total. The SMILES string of the molecule is Cc1cncc(N2CC3(CC(c4nnc5n4-c4ccc(Cl)cc4CN(C(C)C(F)(F)F)C5)C3)C2)n1. The number of alkyl halides is 3. The molecule has 1 spiro atoms. The van der Waals surface area contributed by atoms with Crippen molar-refractivity contribution >= 4 is 17.4 Å². The van der Waals surface area contributed by atoms with Crippen molar-refractivity contribution < 1.29 is 13.2 Å². The van der Waals surface area contributed by atoms with E-state index in [-0.39, 0.29) is 24.4 Å². The Kier molecular flexibility index (Phi) is 5.12. The fraction of sp³-hybridized carbons (Fsp3) is 0.500. The van der Waals surface area contributed by atoms with Crippen molar-refractivity contribution in [1.82, 2.24) is 29.6 Å². The summed E-state index contributed by atoms with van der Waals surface area (Å²) in [5.74, 6) is 2.46. The average molecular weight is 504 g/mol. The summed E-state index contributed by atoms with van der Waals surface area (Å²) < 4.78 is 42.7.